The molecule has 0 heterocycles. The van der Waals surface area contributed by atoms with E-state index in [1.807, 2.05) is 0 Å². The van der Waals surface area contributed by atoms with Gasteiger partial charge in [-0.05, 0) is 0 Å². The summed E-state index contributed by atoms with van der Waals surface area (Å²) in [6, 6.07) is 0. The standard InChI is InChI=1S/Cr.4O.V/q+3;4*-2;. The Bertz CT molecular complexity index is 7.51. The van der Waals surface area contributed by atoms with Gasteiger partial charge in [0.1, 0.15) is 0 Å². The maximum absolute atomic E-state index is 0. The average molecular weight is 167 g/mol. The first kappa shape index (κ1) is 270. The van der Waals surface area contributed by atoms with E-state index in [1.54, 1.807) is 0 Å². The quantitative estimate of drug-likeness (QED) is 0.463. The molecule has 0 aliphatic heterocycles. The summed E-state index contributed by atoms with van der Waals surface area (Å²) in [4.78, 5) is 0. The first-order valence-electron chi connectivity index (χ1n) is 0. The third kappa shape index (κ3) is 84.8. The van der Waals surface area contributed by atoms with Gasteiger partial charge in [-0.1, -0.05) is 0 Å². The molecule has 6 heavy (non-hydrogen) atoms. The van der Waals surface area contributed by atoms with Crippen LogP contribution in [0.3, 0.4) is 0 Å². The molecule has 0 amide bonds. The third-order valence-corrected chi connectivity index (χ3v) is 0. The molecule has 0 N–H and O–H groups in total. The summed E-state index contributed by atoms with van der Waals surface area (Å²) in [5.74, 6) is 0. The molecule has 0 aliphatic rings. The van der Waals surface area contributed by atoms with Crippen molar-refractivity contribution in [3.05, 3.63) is 0 Å². The summed E-state index contributed by atoms with van der Waals surface area (Å²) in [5, 5.41) is 0. The second-order valence-corrected chi connectivity index (χ2v) is 0. The zero-order valence-corrected chi connectivity index (χ0v) is 5.16. The normalized spacial score (nSPS) is 0. The third-order valence-electron chi connectivity index (χ3n) is 0. The summed E-state index contributed by atoms with van der Waals surface area (Å²) in [6.07, 6.45) is 0. The molecule has 6 heteroatoms. The fourth-order valence-corrected chi connectivity index (χ4v) is 0. The maximum Gasteiger partial charge on any atom is 3.00 e. The summed E-state index contributed by atoms with van der Waals surface area (Å²) in [7, 11) is 0. The molecule has 0 fully saturated rings. The molecule has 0 aromatic rings. The Balaban J connectivity index is 0. The van der Waals surface area contributed by atoms with Crippen LogP contribution < -0.4 is 0 Å². The molecule has 40 valence electrons. The molecule has 2 radical (unpaired) electrons. The first-order valence-corrected chi connectivity index (χ1v) is 0. The van der Waals surface area contributed by atoms with Crippen molar-refractivity contribution < 1.29 is 57.8 Å². The predicted octanol–water partition coefficient (Wildman–Crippen LogP) is -0.480. The van der Waals surface area contributed by atoms with Gasteiger partial charge < -0.3 is 21.9 Å². The van der Waals surface area contributed by atoms with Crippen LogP contribution in [-0.4, -0.2) is 0 Å². The van der Waals surface area contributed by atoms with E-state index in [9.17, 15) is 0 Å². The first-order chi connectivity index (χ1) is 0. The number of rotatable bonds is 0. The molecule has 0 atom stereocenters. The van der Waals surface area contributed by atoms with Gasteiger partial charge in [-0.3, -0.25) is 0 Å². The zero-order chi connectivity index (χ0) is 0. The van der Waals surface area contributed by atoms with Gasteiger partial charge in [0.05, 0.1) is 0 Å². The second-order valence-electron chi connectivity index (χ2n) is 0. The smallest absolute Gasteiger partial charge is 2.00 e. The monoisotopic (exact) mass is 167 g/mol. The van der Waals surface area contributed by atoms with E-state index in [0.717, 1.165) is 0 Å². The van der Waals surface area contributed by atoms with Crippen molar-refractivity contribution in [2.24, 2.45) is 0 Å². The zero-order valence-electron chi connectivity index (χ0n) is 2.49. The van der Waals surface area contributed by atoms with Crippen LogP contribution in [-0.2, 0) is 57.8 Å². The summed E-state index contributed by atoms with van der Waals surface area (Å²) < 4.78 is 0. The topological polar surface area (TPSA) is 114 Å². The van der Waals surface area contributed by atoms with Crippen LogP contribution >= 0.6 is 0 Å². The van der Waals surface area contributed by atoms with Crippen molar-refractivity contribution in [2.75, 3.05) is 0 Å². The summed E-state index contributed by atoms with van der Waals surface area (Å²) in [6.45, 7) is 0. The van der Waals surface area contributed by atoms with E-state index in [2.05, 4.69) is 0 Å². The Morgan fingerprint density at radius 3 is 0.500 bits per heavy atom. The van der Waals surface area contributed by atoms with Gasteiger partial charge in [-0.15, -0.1) is 0 Å². The molecule has 0 rings (SSSR count). The van der Waals surface area contributed by atoms with Gasteiger partial charge in [0, 0.05) is 18.6 Å². The fraction of sp³-hybridized carbons (Fsp3) is 0. The molecule has 0 saturated carbocycles. The molecule has 0 aromatic heterocycles. The predicted molar refractivity (Wildman–Crippen MR) is 2.75 cm³/mol. The summed E-state index contributed by atoms with van der Waals surface area (Å²) in [5.41, 5.74) is 0. The van der Waals surface area contributed by atoms with Gasteiger partial charge in [-0.2, -0.15) is 0 Å². The van der Waals surface area contributed by atoms with E-state index in [1.165, 1.54) is 0 Å². The van der Waals surface area contributed by atoms with E-state index in [-0.39, 0.29) is 57.8 Å². The Kier molecular flexibility index (Phi) is 7180. The van der Waals surface area contributed by atoms with Crippen LogP contribution in [0.2, 0.25) is 0 Å². The van der Waals surface area contributed by atoms with E-state index >= 15 is 0 Å². The molecule has 0 aliphatic carbocycles. The molecule has 0 spiro atoms. The van der Waals surface area contributed by atoms with E-state index < -0.39 is 0 Å². The number of hydrogen-bond acceptors (Lipinski definition) is 0. The van der Waals surface area contributed by atoms with Crippen LogP contribution in [0.1, 0.15) is 0 Å². The van der Waals surface area contributed by atoms with Crippen LogP contribution in [0, 0.1) is 0 Å². The van der Waals surface area contributed by atoms with Gasteiger partial charge >= 0.3 is 17.4 Å². The van der Waals surface area contributed by atoms with Crippen LogP contribution in [0.25, 0.3) is 0 Å². The van der Waals surface area contributed by atoms with Gasteiger partial charge in [0.25, 0.3) is 0 Å². The van der Waals surface area contributed by atoms with Crippen molar-refractivity contribution in [1.82, 2.24) is 0 Å². The van der Waals surface area contributed by atoms with Crippen LogP contribution in [0.15, 0.2) is 0 Å². The van der Waals surface area contributed by atoms with Crippen molar-refractivity contribution in [2.45, 2.75) is 0 Å². The Morgan fingerprint density at radius 1 is 0.500 bits per heavy atom. The average Bonchev–Trinajstić information content (AvgIpc) is 0. The van der Waals surface area contributed by atoms with Crippen molar-refractivity contribution in [3.8, 4) is 0 Å². The van der Waals surface area contributed by atoms with Crippen molar-refractivity contribution in [1.29, 1.82) is 0 Å². The Hall–Kier alpha value is 0.957. The van der Waals surface area contributed by atoms with Gasteiger partial charge in [0.2, 0.25) is 0 Å². The molecule has 0 saturated heterocycles. The van der Waals surface area contributed by atoms with Gasteiger partial charge in [0.15, 0.2) is 0 Å². The maximum atomic E-state index is 0. The van der Waals surface area contributed by atoms with Crippen molar-refractivity contribution >= 4 is 0 Å². The number of hydrogen-bond donors (Lipinski definition) is 0. The minimum absolute atomic E-state index is 0. The molecule has 0 aromatic carbocycles. The van der Waals surface area contributed by atoms with Crippen LogP contribution in [0.5, 0.6) is 0 Å². The molecule has 0 bridgehead atoms. The Morgan fingerprint density at radius 2 is 0.500 bits per heavy atom. The SMILES string of the molecule is [Cr+3].[O-2].[O-2].[O-2].[O-2].[V]. The largest absolute Gasteiger partial charge is 3.00 e. The molecule has 4 nitrogen and oxygen atoms in total. The Labute approximate surface area is 58.2 Å². The molecular formula is CrO4V-5. The van der Waals surface area contributed by atoms with E-state index in [4.69, 9.17) is 0 Å². The second kappa shape index (κ2) is 160. The summed E-state index contributed by atoms with van der Waals surface area (Å²) >= 11 is 0. The van der Waals surface area contributed by atoms with E-state index in [0.29, 0.717) is 0 Å². The van der Waals surface area contributed by atoms with Crippen LogP contribution in [0.4, 0.5) is 0 Å². The molecule has 0 unspecified atom stereocenters. The van der Waals surface area contributed by atoms with Crippen molar-refractivity contribution in [3.63, 3.8) is 0 Å². The molecular weight excluding hydrogens is 167 g/mol. The minimum atomic E-state index is 0. The van der Waals surface area contributed by atoms with Gasteiger partial charge in [-0.25, -0.2) is 0 Å². The minimum Gasteiger partial charge on any atom is -2.00 e. The fourth-order valence-electron chi connectivity index (χ4n) is 0.